The number of H-pyrrole nitrogens is 1. The number of pyridine rings is 1. The third-order valence-corrected chi connectivity index (χ3v) is 3.77. The topological polar surface area (TPSA) is 53.2 Å². The molecule has 1 aromatic carbocycles. The highest BCUT2D eigenvalue weighted by Gasteiger charge is 2.22. The summed E-state index contributed by atoms with van der Waals surface area (Å²) in [5.74, 6) is 0.0226. The minimum atomic E-state index is 0.0226. The van der Waals surface area contributed by atoms with E-state index in [0.717, 1.165) is 22.3 Å². The van der Waals surface area contributed by atoms with Gasteiger partial charge < -0.3 is 9.88 Å². The Morgan fingerprint density at radius 3 is 2.89 bits per heavy atom. The molecular formula is C15H16N2O2. The van der Waals surface area contributed by atoms with E-state index in [1.54, 1.807) is 11.8 Å². The molecular weight excluding hydrogens is 240 g/mol. The molecule has 0 radical (unpaired) electrons. The smallest absolute Gasteiger partial charge is 0.219 e. The fraction of sp³-hybridized carbons (Fsp3) is 0.333. The van der Waals surface area contributed by atoms with Crippen LogP contribution in [0.4, 0.5) is 0 Å². The van der Waals surface area contributed by atoms with Gasteiger partial charge >= 0.3 is 0 Å². The molecule has 0 saturated heterocycles. The zero-order chi connectivity index (χ0) is 13.6. The van der Waals surface area contributed by atoms with Crippen molar-refractivity contribution >= 4 is 16.8 Å². The number of aromatic amines is 1. The van der Waals surface area contributed by atoms with Gasteiger partial charge in [0.1, 0.15) is 0 Å². The van der Waals surface area contributed by atoms with Gasteiger partial charge in [0.15, 0.2) is 5.43 Å². The maximum absolute atomic E-state index is 12.5. The first-order chi connectivity index (χ1) is 9.06. The van der Waals surface area contributed by atoms with E-state index in [0.29, 0.717) is 24.9 Å². The Bertz CT molecular complexity index is 731. The highest BCUT2D eigenvalue weighted by Crippen LogP contribution is 2.19. The van der Waals surface area contributed by atoms with Gasteiger partial charge in [0.2, 0.25) is 5.91 Å². The number of carbonyl (C=O) groups excluding carboxylic acids is 1. The van der Waals surface area contributed by atoms with Crippen LogP contribution in [0.2, 0.25) is 0 Å². The summed E-state index contributed by atoms with van der Waals surface area (Å²) in [7, 11) is 0. The molecule has 0 aliphatic carbocycles. The molecule has 2 aromatic rings. The van der Waals surface area contributed by atoms with Gasteiger partial charge in [-0.2, -0.15) is 0 Å². The lowest BCUT2D eigenvalue weighted by atomic mass is 10.0. The molecule has 0 unspecified atom stereocenters. The first-order valence-electron chi connectivity index (χ1n) is 6.46. The van der Waals surface area contributed by atoms with E-state index in [2.05, 4.69) is 4.98 Å². The Kier molecular flexibility index (Phi) is 2.66. The number of nitrogens with one attached hydrogen (secondary N) is 1. The Morgan fingerprint density at radius 2 is 2.16 bits per heavy atom. The first-order valence-corrected chi connectivity index (χ1v) is 6.46. The van der Waals surface area contributed by atoms with Gasteiger partial charge in [0.25, 0.3) is 0 Å². The van der Waals surface area contributed by atoms with Crippen LogP contribution >= 0.6 is 0 Å². The second-order valence-corrected chi connectivity index (χ2v) is 5.15. The highest BCUT2D eigenvalue weighted by atomic mass is 16.2. The third-order valence-electron chi connectivity index (χ3n) is 3.77. The van der Waals surface area contributed by atoms with E-state index in [1.807, 2.05) is 25.1 Å². The van der Waals surface area contributed by atoms with E-state index in [-0.39, 0.29) is 11.3 Å². The summed E-state index contributed by atoms with van der Waals surface area (Å²) in [4.78, 5) is 29.0. The molecule has 1 aromatic heterocycles. The number of benzene rings is 1. The molecule has 2 heterocycles. The third kappa shape index (κ3) is 1.93. The van der Waals surface area contributed by atoms with Crippen LogP contribution in [0.5, 0.6) is 0 Å². The molecule has 4 heteroatoms. The minimum absolute atomic E-state index is 0.0226. The Hall–Kier alpha value is -2.10. The Labute approximate surface area is 111 Å². The number of nitrogens with zero attached hydrogens (tertiary/aromatic N) is 1. The second kappa shape index (κ2) is 4.23. The van der Waals surface area contributed by atoms with Gasteiger partial charge in [-0.3, -0.25) is 9.59 Å². The molecule has 1 amide bonds. The van der Waals surface area contributed by atoms with Crippen LogP contribution in [0.25, 0.3) is 10.9 Å². The second-order valence-electron chi connectivity index (χ2n) is 5.15. The molecule has 98 valence electrons. The quantitative estimate of drug-likeness (QED) is 0.780. The number of aromatic nitrogens is 1. The predicted molar refractivity (Wildman–Crippen MR) is 74.1 cm³/mol. The number of aryl methyl sites for hydroxylation is 1. The number of fused-ring (bicyclic) bond motifs is 2. The number of hydrogen-bond donors (Lipinski definition) is 1. The lowest BCUT2D eigenvalue weighted by Gasteiger charge is -2.27. The van der Waals surface area contributed by atoms with Crippen LogP contribution in [0.1, 0.15) is 23.7 Å². The van der Waals surface area contributed by atoms with Crippen molar-refractivity contribution in [1.82, 2.24) is 9.88 Å². The summed E-state index contributed by atoms with van der Waals surface area (Å²) in [6.45, 7) is 4.62. The molecule has 19 heavy (non-hydrogen) atoms. The number of hydrogen-bond acceptors (Lipinski definition) is 2. The van der Waals surface area contributed by atoms with E-state index in [1.165, 1.54) is 0 Å². The largest absolute Gasteiger partial charge is 0.358 e. The van der Waals surface area contributed by atoms with Gasteiger partial charge in [-0.1, -0.05) is 11.6 Å². The molecule has 0 spiro atoms. The Morgan fingerprint density at radius 1 is 1.37 bits per heavy atom. The average Bonchev–Trinajstić information content (AvgIpc) is 2.39. The van der Waals surface area contributed by atoms with Crippen molar-refractivity contribution in [2.75, 3.05) is 6.54 Å². The zero-order valence-corrected chi connectivity index (χ0v) is 11.1. The minimum Gasteiger partial charge on any atom is -0.358 e. The summed E-state index contributed by atoms with van der Waals surface area (Å²) >= 11 is 0. The molecule has 0 bridgehead atoms. The van der Waals surface area contributed by atoms with E-state index >= 15 is 0 Å². The van der Waals surface area contributed by atoms with E-state index in [9.17, 15) is 9.59 Å². The fourth-order valence-electron chi connectivity index (χ4n) is 2.66. The van der Waals surface area contributed by atoms with Gasteiger partial charge in [0.05, 0.1) is 6.54 Å². The molecule has 1 N–H and O–H groups in total. The monoisotopic (exact) mass is 256 g/mol. The summed E-state index contributed by atoms with van der Waals surface area (Å²) in [5.41, 5.74) is 3.71. The van der Waals surface area contributed by atoms with Crippen LogP contribution in [0.3, 0.4) is 0 Å². The number of amides is 1. The van der Waals surface area contributed by atoms with E-state index < -0.39 is 0 Å². The SMILES string of the molecule is CC(=O)N1CCc2[nH]c3ccc(C)cc3c(=O)c2C1. The summed E-state index contributed by atoms with van der Waals surface area (Å²) in [5, 5.41) is 0.712. The van der Waals surface area contributed by atoms with Crippen molar-refractivity contribution in [2.45, 2.75) is 26.8 Å². The molecule has 1 aliphatic rings. The zero-order valence-electron chi connectivity index (χ0n) is 11.1. The van der Waals surface area contributed by atoms with Crippen LogP contribution < -0.4 is 5.43 Å². The summed E-state index contributed by atoms with van der Waals surface area (Å²) in [6.07, 6.45) is 0.716. The molecule has 0 fully saturated rings. The van der Waals surface area contributed by atoms with Crippen molar-refractivity contribution in [3.8, 4) is 0 Å². The van der Waals surface area contributed by atoms with Crippen molar-refractivity contribution in [2.24, 2.45) is 0 Å². The van der Waals surface area contributed by atoms with Gasteiger partial charge in [0, 0.05) is 42.0 Å². The summed E-state index contributed by atoms with van der Waals surface area (Å²) < 4.78 is 0. The fourth-order valence-corrected chi connectivity index (χ4v) is 2.66. The van der Waals surface area contributed by atoms with Crippen molar-refractivity contribution in [3.05, 3.63) is 45.2 Å². The lowest BCUT2D eigenvalue weighted by molar-refractivity contribution is -0.129. The Balaban J connectivity index is 2.21. The lowest BCUT2D eigenvalue weighted by Crippen LogP contribution is -2.37. The van der Waals surface area contributed by atoms with Crippen LogP contribution in [0.15, 0.2) is 23.0 Å². The molecule has 3 rings (SSSR count). The predicted octanol–water partition coefficient (Wildman–Crippen LogP) is 1.74. The maximum Gasteiger partial charge on any atom is 0.219 e. The standard InChI is InChI=1S/C15H16N2O2/c1-9-3-4-13-11(7-9)15(19)12-8-17(10(2)18)6-5-14(12)16-13/h3-4,7H,5-6,8H2,1-2H3,(H,16,19). The van der Waals surface area contributed by atoms with Crippen molar-refractivity contribution in [1.29, 1.82) is 0 Å². The maximum atomic E-state index is 12.5. The number of carbonyl (C=O) groups is 1. The van der Waals surface area contributed by atoms with Crippen LogP contribution in [-0.4, -0.2) is 22.3 Å². The van der Waals surface area contributed by atoms with Gasteiger partial charge in [-0.15, -0.1) is 0 Å². The van der Waals surface area contributed by atoms with Gasteiger partial charge in [-0.25, -0.2) is 0 Å². The van der Waals surface area contributed by atoms with Crippen molar-refractivity contribution in [3.63, 3.8) is 0 Å². The van der Waals surface area contributed by atoms with Gasteiger partial charge in [-0.05, 0) is 19.1 Å². The highest BCUT2D eigenvalue weighted by molar-refractivity contribution is 5.80. The molecule has 0 atom stereocenters. The molecule has 1 aliphatic heterocycles. The van der Waals surface area contributed by atoms with Crippen LogP contribution in [0, 0.1) is 6.92 Å². The molecule has 4 nitrogen and oxygen atoms in total. The summed E-state index contributed by atoms with van der Waals surface area (Å²) in [6, 6.07) is 5.85. The first kappa shape index (κ1) is 12.0. The van der Waals surface area contributed by atoms with Crippen LogP contribution in [-0.2, 0) is 17.8 Å². The average molecular weight is 256 g/mol. The molecule has 0 saturated carbocycles. The van der Waals surface area contributed by atoms with Crippen molar-refractivity contribution < 1.29 is 4.79 Å². The van der Waals surface area contributed by atoms with E-state index in [4.69, 9.17) is 0 Å². The normalized spacial score (nSPS) is 14.5. The number of rotatable bonds is 0.